The molecule has 1 saturated heterocycles. The molecule has 0 aromatic heterocycles. The van der Waals surface area contributed by atoms with E-state index in [0.29, 0.717) is 11.6 Å². The molecule has 0 aromatic carbocycles. The van der Waals surface area contributed by atoms with Crippen LogP contribution in [-0.2, 0) is 9.53 Å². The second kappa shape index (κ2) is 7.59. The summed E-state index contributed by atoms with van der Waals surface area (Å²) in [4.78, 5) is 8.24. The zero-order valence-electron chi connectivity index (χ0n) is 11.7. The molecule has 0 aliphatic carbocycles. The van der Waals surface area contributed by atoms with Crippen molar-refractivity contribution in [2.24, 2.45) is 0 Å². The minimum atomic E-state index is 0.338. The van der Waals surface area contributed by atoms with Gasteiger partial charge < -0.3 is 10.1 Å². The Morgan fingerprint density at radius 3 is 2.12 bits per heavy atom. The number of rotatable bonds is 4. The maximum atomic E-state index is 8.24. The van der Waals surface area contributed by atoms with Crippen LogP contribution in [0.3, 0.4) is 0 Å². The molecule has 1 heterocycles. The van der Waals surface area contributed by atoms with Gasteiger partial charge in [-0.3, -0.25) is 9.28 Å². The molecule has 0 N–H and O–H groups in total. The average Bonchev–Trinajstić information content (AvgIpc) is 2.68. The zero-order valence-corrected chi connectivity index (χ0v) is 11.7. The van der Waals surface area contributed by atoms with Crippen LogP contribution in [0.25, 0.3) is 5.41 Å². The topological polar surface area (TPSA) is 48.6 Å². The second-order valence-electron chi connectivity index (χ2n) is 5.60. The third-order valence-corrected chi connectivity index (χ3v) is 3.53. The van der Waals surface area contributed by atoms with Gasteiger partial charge in [-0.2, -0.15) is 0 Å². The molecule has 1 aliphatic rings. The predicted molar refractivity (Wildman–Crippen MR) is 69.1 cm³/mol. The largest absolute Gasteiger partial charge is 0.724 e. The van der Waals surface area contributed by atoms with Gasteiger partial charge in [0.05, 0.1) is 25.2 Å². The minimum absolute atomic E-state index is 0.338. The van der Waals surface area contributed by atoms with Crippen LogP contribution in [0.15, 0.2) is 0 Å². The van der Waals surface area contributed by atoms with E-state index in [1.54, 1.807) is 0 Å². The summed E-state index contributed by atoms with van der Waals surface area (Å²) < 4.78 is 6.93. The van der Waals surface area contributed by atoms with Crippen molar-refractivity contribution in [1.29, 1.82) is 0 Å². The first-order chi connectivity index (χ1) is 7.93. The van der Waals surface area contributed by atoms with E-state index >= 15 is 0 Å². The van der Waals surface area contributed by atoms with Gasteiger partial charge in [-0.25, -0.2) is 0 Å². The third-order valence-electron chi connectivity index (χ3n) is 3.53. The van der Waals surface area contributed by atoms with Gasteiger partial charge in [0.1, 0.15) is 0 Å². The molecular formula is C13H26N2O2. The number of likely N-dealkylation sites (tertiary alicyclic amines) is 1. The van der Waals surface area contributed by atoms with Crippen LogP contribution in [0.1, 0.15) is 47.0 Å². The Balaban J connectivity index is 0.000000770. The summed E-state index contributed by atoms with van der Waals surface area (Å²) in [7, 11) is 0. The van der Waals surface area contributed by atoms with Crippen LogP contribution < -0.4 is 0 Å². The van der Waals surface area contributed by atoms with Crippen LogP contribution in [0.2, 0.25) is 0 Å². The van der Waals surface area contributed by atoms with Crippen molar-refractivity contribution < 1.29 is 14.0 Å². The molecule has 0 atom stereocenters. The molecule has 1 fully saturated rings. The summed E-state index contributed by atoms with van der Waals surface area (Å²) >= 11 is 0. The minimum Gasteiger partial charge on any atom is -0.724 e. The van der Waals surface area contributed by atoms with Crippen molar-refractivity contribution in [1.82, 2.24) is 0 Å². The molecule has 0 amide bonds. The fraction of sp³-hybridized carbons (Fsp3) is 0.923. The summed E-state index contributed by atoms with van der Waals surface area (Å²) in [6, 6.07) is 0. The molecular weight excluding hydrogens is 216 g/mol. The van der Waals surface area contributed by atoms with Crippen LogP contribution in [0, 0.1) is 0 Å². The fourth-order valence-corrected chi connectivity index (χ4v) is 2.32. The Morgan fingerprint density at radius 1 is 1.29 bits per heavy atom. The van der Waals surface area contributed by atoms with E-state index in [0.717, 1.165) is 24.2 Å². The van der Waals surface area contributed by atoms with Gasteiger partial charge in [-0.15, -0.1) is 0 Å². The van der Waals surface area contributed by atoms with E-state index in [1.165, 1.54) is 25.9 Å². The highest BCUT2D eigenvalue weighted by atomic mass is 16.5. The van der Waals surface area contributed by atoms with Crippen molar-refractivity contribution >= 4 is 6.08 Å². The quantitative estimate of drug-likeness (QED) is 0.329. The Hall–Kier alpha value is -0.700. The third kappa shape index (κ3) is 4.99. The highest BCUT2D eigenvalue weighted by Crippen LogP contribution is 2.30. The number of quaternary nitrogens is 1. The first-order valence-electron chi connectivity index (χ1n) is 6.38. The summed E-state index contributed by atoms with van der Waals surface area (Å²) in [5, 5.41) is 6.76. The Bertz CT molecular complexity index is 234. The van der Waals surface area contributed by atoms with Gasteiger partial charge in [-0.1, -0.05) is 6.92 Å². The highest BCUT2D eigenvalue weighted by Gasteiger charge is 2.42. The second-order valence-corrected chi connectivity index (χ2v) is 5.60. The van der Waals surface area contributed by atoms with Crippen molar-refractivity contribution in [3.05, 3.63) is 5.41 Å². The molecule has 0 radical (unpaired) electrons. The first-order valence-corrected chi connectivity index (χ1v) is 6.38. The molecule has 0 spiro atoms. The molecule has 4 heteroatoms. The molecule has 0 bridgehead atoms. The maximum absolute atomic E-state index is 8.24. The van der Waals surface area contributed by atoms with E-state index in [4.69, 9.17) is 14.9 Å². The van der Waals surface area contributed by atoms with Crippen molar-refractivity contribution in [2.75, 3.05) is 26.4 Å². The van der Waals surface area contributed by atoms with E-state index in [9.17, 15) is 0 Å². The molecule has 100 valence electrons. The van der Waals surface area contributed by atoms with Gasteiger partial charge in [0.2, 0.25) is 0 Å². The molecule has 1 rings (SSSR count). The van der Waals surface area contributed by atoms with E-state index in [1.807, 2.05) is 0 Å². The lowest BCUT2D eigenvalue weighted by Crippen LogP contribution is -2.59. The van der Waals surface area contributed by atoms with E-state index in [-0.39, 0.29) is 0 Å². The normalized spacial score (nSPS) is 18.1. The lowest BCUT2D eigenvalue weighted by Gasteiger charge is -2.45. The van der Waals surface area contributed by atoms with Gasteiger partial charge in [0, 0.05) is 12.8 Å². The Morgan fingerprint density at radius 2 is 1.76 bits per heavy atom. The maximum Gasteiger partial charge on any atom is 0.183 e. The number of nitrogens with zero attached hydrogens (tertiary/aromatic N) is 2. The number of hydrogen-bond acceptors (Lipinski definition) is 2. The van der Waals surface area contributed by atoms with Crippen LogP contribution in [-0.4, -0.2) is 42.5 Å². The molecule has 0 saturated carbocycles. The standard InChI is InChI=1S/C12H26NO.CNO/c1-5-10-14-11-13(12(2,3)4)8-6-7-9-13;2-1-3/h5-11H2,1-4H3;/q+1;-1. The lowest BCUT2D eigenvalue weighted by atomic mass is 10.0. The van der Waals surface area contributed by atoms with Crippen LogP contribution >= 0.6 is 0 Å². The predicted octanol–water partition coefficient (Wildman–Crippen LogP) is 2.67. The molecule has 0 unspecified atom stereocenters. The molecule has 0 aromatic rings. The monoisotopic (exact) mass is 242 g/mol. The zero-order chi connectivity index (χ0) is 13.4. The number of isocyanates is 1. The number of ether oxygens (including phenoxy) is 1. The summed E-state index contributed by atoms with van der Waals surface area (Å²) in [6.45, 7) is 13.6. The van der Waals surface area contributed by atoms with Gasteiger partial charge in [0.25, 0.3) is 0 Å². The summed E-state index contributed by atoms with van der Waals surface area (Å²) in [6.07, 6.45) is 4.36. The van der Waals surface area contributed by atoms with Gasteiger partial charge >= 0.3 is 0 Å². The molecule has 17 heavy (non-hydrogen) atoms. The van der Waals surface area contributed by atoms with Crippen LogP contribution in [0.4, 0.5) is 0 Å². The molecule has 4 nitrogen and oxygen atoms in total. The fourth-order valence-electron chi connectivity index (χ4n) is 2.32. The molecule has 1 aliphatic heterocycles. The SMILES string of the molecule is CCCOC[N+]1(C(C)(C)C)CCCC1.[N-]=C=O. The van der Waals surface area contributed by atoms with Crippen LogP contribution in [0.5, 0.6) is 0 Å². The smallest absolute Gasteiger partial charge is 0.183 e. The van der Waals surface area contributed by atoms with Crippen molar-refractivity contribution in [3.8, 4) is 0 Å². The average molecular weight is 242 g/mol. The van der Waals surface area contributed by atoms with Gasteiger partial charge in [0.15, 0.2) is 6.73 Å². The first kappa shape index (κ1) is 16.3. The van der Waals surface area contributed by atoms with Crippen molar-refractivity contribution in [3.63, 3.8) is 0 Å². The van der Waals surface area contributed by atoms with Crippen molar-refractivity contribution in [2.45, 2.75) is 52.5 Å². The number of carbonyl (C=O) groups excluding carboxylic acids is 1. The Kier molecular flexibility index (Phi) is 7.28. The number of hydrogen-bond donors (Lipinski definition) is 0. The summed E-state index contributed by atoms with van der Waals surface area (Å²) in [5.41, 5.74) is 0.338. The van der Waals surface area contributed by atoms with E-state index < -0.39 is 0 Å². The summed E-state index contributed by atoms with van der Waals surface area (Å²) in [5.74, 6) is 0. The van der Waals surface area contributed by atoms with Gasteiger partial charge in [-0.05, 0) is 33.3 Å². The lowest BCUT2D eigenvalue weighted by molar-refractivity contribution is -0.976. The highest BCUT2D eigenvalue weighted by molar-refractivity contribution is 5.36. The van der Waals surface area contributed by atoms with E-state index in [2.05, 4.69) is 27.7 Å². The Labute approximate surface area is 105 Å².